The van der Waals surface area contributed by atoms with Crippen molar-refractivity contribution in [1.29, 1.82) is 0 Å². The van der Waals surface area contributed by atoms with Crippen LogP contribution in [0.5, 0.6) is 0 Å². The van der Waals surface area contributed by atoms with Crippen molar-refractivity contribution in [2.75, 3.05) is 20.1 Å². The molecule has 0 spiro atoms. The maximum Gasteiger partial charge on any atom is 0.270 e. The molecule has 1 atom stereocenters. The number of benzene rings is 2. The minimum atomic E-state index is -0.575. The average Bonchev–Trinajstić information content (AvgIpc) is 3.00. The first-order valence-corrected chi connectivity index (χ1v) is 9.43. The molecule has 1 aromatic heterocycles. The number of hydrogen-bond donors (Lipinski definition) is 2. The Balaban J connectivity index is 1.54. The zero-order valence-corrected chi connectivity index (χ0v) is 15.6. The number of para-hydroxylation sites is 1. The van der Waals surface area contributed by atoms with E-state index in [-0.39, 0.29) is 5.91 Å². The summed E-state index contributed by atoms with van der Waals surface area (Å²) in [5.74, 6) is 0.0388. The van der Waals surface area contributed by atoms with Crippen molar-refractivity contribution >= 4 is 16.8 Å². The van der Waals surface area contributed by atoms with E-state index in [1.54, 1.807) is 4.90 Å². The Kier molecular flexibility index (Phi) is 4.97. The van der Waals surface area contributed by atoms with E-state index in [2.05, 4.69) is 23.5 Å². The molecule has 1 aliphatic rings. The van der Waals surface area contributed by atoms with Crippen LogP contribution >= 0.6 is 0 Å². The summed E-state index contributed by atoms with van der Waals surface area (Å²) in [4.78, 5) is 14.6. The maximum absolute atomic E-state index is 12.8. The van der Waals surface area contributed by atoms with Crippen LogP contribution in [0.3, 0.4) is 0 Å². The van der Waals surface area contributed by atoms with Gasteiger partial charge in [-0.3, -0.25) is 4.79 Å². The molecule has 0 aliphatic carbocycles. The van der Waals surface area contributed by atoms with Gasteiger partial charge in [0.25, 0.3) is 5.91 Å². The zero-order chi connectivity index (χ0) is 18.8. The maximum atomic E-state index is 12.8. The van der Waals surface area contributed by atoms with Gasteiger partial charge in [0.05, 0.1) is 12.6 Å². The van der Waals surface area contributed by atoms with Crippen molar-refractivity contribution in [3.63, 3.8) is 0 Å². The summed E-state index contributed by atoms with van der Waals surface area (Å²) >= 11 is 0. The number of hydrogen-bond acceptors (Lipinski definition) is 3. The Bertz CT molecular complexity index is 949. The fraction of sp³-hybridized carbons (Fsp3) is 0.318. The van der Waals surface area contributed by atoms with E-state index in [1.165, 1.54) is 5.56 Å². The number of carbonyl (C=O) groups is 1. The Hall–Kier alpha value is -2.63. The number of aliphatic hydroxyl groups excluding tert-OH is 1. The van der Waals surface area contributed by atoms with Crippen molar-refractivity contribution in [3.05, 3.63) is 71.4 Å². The molecule has 0 unspecified atom stereocenters. The predicted octanol–water partition coefficient (Wildman–Crippen LogP) is 2.42. The number of carbonyl (C=O) groups excluding carboxylic acids is 1. The molecule has 27 heavy (non-hydrogen) atoms. The quantitative estimate of drug-likeness (QED) is 0.707. The second-order valence-electron chi connectivity index (χ2n) is 7.20. The van der Waals surface area contributed by atoms with Gasteiger partial charge in [0.1, 0.15) is 5.69 Å². The standard InChI is InChI=1S/C22H25N3O2/c1-24-12-11-19-18-9-5-6-10-20(18)25(21(19)22(24)27)15-17(26)14-23-13-16-7-3-2-4-8-16/h2-10,17,23,26H,11-15H2,1H3/t17-/m0/s1. The minimum Gasteiger partial charge on any atom is -0.390 e. The van der Waals surface area contributed by atoms with Gasteiger partial charge in [-0.25, -0.2) is 0 Å². The van der Waals surface area contributed by atoms with E-state index in [9.17, 15) is 9.90 Å². The van der Waals surface area contributed by atoms with E-state index in [0.717, 1.165) is 35.1 Å². The number of fused-ring (bicyclic) bond motifs is 3. The van der Waals surface area contributed by atoms with E-state index < -0.39 is 6.10 Å². The average molecular weight is 363 g/mol. The van der Waals surface area contributed by atoms with Crippen molar-refractivity contribution in [1.82, 2.24) is 14.8 Å². The van der Waals surface area contributed by atoms with E-state index in [0.29, 0.717) is 19.6 Å². The monoisotopic (exact) mass is 363 g/mol. The third kappa shape index (κ3) is 3.48. The van der Waals surface area contributed by atoms with Crippen LogP contribution in [0.2, 0.25) is 0 Å². The molecular formula is C22H25N3O2. The van der Waals surface area contributed by atoms with Crippen LogP contribution in [0.25, 0.3) is 10.9 Å². The highest BCUT2D eigenvalue weighted by Crippen LogP contribution is 2.30. The molecule has 2 heterocycles. The highest BCUT2D eigenvalue weighted by Gasteiger charge is 2.29. The first-order chi connectivity index (χ1) is 13.1. The van der Waals surface area contributed by atoms with Gasteiger partial charge in [-0.1, -0.05) is 48.5 Å². The Morgan fingerprint density at radius 2 is 1.85 bits per heavy atom. The molecule has 0 saturated carbocycles. The number of aliphatic hydroxyl groups is 1. The van der Waals surface area contributed by atoms with E-state index >= 15 is 0 Å². The number of rotatable bonds is 6. The van der Waals surface area contributed by atoms with Crippen molar-refractivity contribution in [3.8, 4) is 0 Å². The summed E-state index contributed by atoms with van der Waals surface area (Å²) in [6.45, 7) is 2.32. The molecule has 5 heteroatoms. The lowest BCUT2D eigenvalue weighted by Gasteiger charge is -2.25. The molecule has 1 aliphatic heterocycles. The number of aromatic nitrogens is 1. The van der Waals surface area contributed by atoms with Crippen molar-refractivity contribution in [2.24, 2.45) is 0 Å². The summed E-state index contributed by atoms with van der Waals surface area (Å²) in [6.07, 6.45) is 0.279. The number of likely N-dealkylation sites (N-methyl/N-ethyl adjacent to an activating group) is 1. The number of nitrogens with one attached hydrogen (secondary N) is 1. The fourth-order valence-electron chi connectivity index (χ4n) is 3.88. The lowest BCUT2D eigenvalue weighted by Crippen LogP contribution is -2.37. The van der Waals surface area contributed by atoms with Gasteiger partial charge in [-0.15, -0.1) is 0 Å². The van der Waals surface area contributed by atoms with Crippen molar-refractivity contribution in [2.45, 2.75) is 25.6 Å². The largest absolute Gasteiger partial charge is 0.390 e. The predicted molar refractivity (Wildman–Crippen MR) is 107 cm³/mol. The molecule has 5 nitrogen and oxygen atoms in total. The van der Waals surface area contributed by atoms with Crippen LogP contribution in [0, 0.1) is 0 Å². The zero-order valence-electron chi connectivity index (χ0n) is 15.6. The number of amides is 1. The van der Waals surface area contributed by atoms with Crippen LogP contribution in [0.15, 0.2) is 54.6 Å². The smallest absolute Gasteiger partial charge is 0.270 e. The lowest BCUT2D eigenvalue weighted by molar-refractivity contribution is 0.0764. The first-order valence-electron chi connectivity index (χ1n) is 9.43. The van der Waals surface area contributed by atoms with Crippen LogP contribution < -0.4 is 5.32 Å². The Morgan fingerprint density at radius 1 is 1.11 bits per heavy atom. The van der Waals surface area contributed by atoms with Crippen LogP contribution in [0.4, 0.5) is 0 Å². The third-order valence-electron chi connectivity index (χ3n) is 5.27. The summed E-state index contributed by atoms with van der Waals surface area (Å²) in [6, 6.07) is 18.2. The van der Waals surface area contributed by atoms with E-state index in [1.807, 2.05) is 48.0 Å². The van der Waals surface area contributed by atoms with Crippen LogP contribution in [-0.2, 0) is 19.5 Å². The third-order valence-corrected chi connectivity index (χ3v) is 5.27. The molecule has 4 rings (SSSR count). The molecule has 1 amide bonds. The number of nitrogens with zero attached hydrogens (tertiary/aromatic N) is 2. The van der Waals surface area contributed by atoms with Gasteiger partial charge < -0.3 is 19.9 Å². The summed E-state index contributed by atoms with van der Waals surface area (Å²) in [5.41, 5.74) is 4.05. The molecule has 0 radical (unpaired) electrons. The van der Waals surface area contributed by atoms with Gasteiger partial charge >= 0.3 is 0 Å². The summed E-state index contributed by atoms with van der Waals surface area (Å²) < 4.78 is 2.00. The Morgan fingerprint density at radius 3 is 2.67 bits per heavy atom. The second-order valence-corrected chi connectivity index (χ2v) is 7.20. The fourth-order valence-corrected chi connectivity index (χ4v) is 3.88. The molecule has 0 fully saturated rings. The van der Waals surface area contributed by atoms with Gasteiger partial charge in [0.15, 0.2) is 0 Å². The van der Waals surface area contributed by atoms with Crippen LogP contribution in [0.1, 0.15) is 21.6 Å². The normalized spacial score (nSPS) is 15.2. The first kappa shape index (κ1) is 17.8. The van der Waals surface area contributed by atoms with Gasteiger partial charge in [-0.05, 0) is 23.6 Å². The molecule has 2 N–H and O–H groups in total. The molecule has 140 valence electrons. The highest BCUT2D eigenvalue weighted by atomic mass is 16.3. The minimum absolute atomic E-state index is 0.0388. The molecular weight excluding hydrogens is 338 g/mol. The Labute approximate surface area is 159 Å². The van der Waals surface area contributed by atoms with Crippen molar-refractivity contribution < 1.29 is 9.90 Å². The summed E-state index contributed by atoms with van der Waals surface area (Å²) in [5, 5.41) is 15.0. The second kappa shape index (κ2) is 7.55. The van der Waals surface area contributed by atoms with Gasteiger partial charge in [0.2, 0.25) is 0 Å². The van der Waals surface area contributed by atoms with Crippen LogP contribution in [-0.4, -0.2) is 46.7 Å². The lowest BCUT2D eigenvalue weighted by atomic mass is 10.0. The van der Waals surface area contributed by atoms with E-state index in [4.69, 9.17) is 0 Å². The molecule has 3 aromatic rings. The summed E-state index contributed by atoms with van der Waals surface area (Å²) in [7, 11) is 1.84. The molecule has 0 bridgehead atoms. The highest BCUT2D eigenvalue weighted by molar-refractivity contribution is 6.02. The molecule has 0 saturated heterocycles. The van der Waals surface area contributed by atoms with Gasteiger partial charge in [-0.2, -0.15) is 0 Å². The topological polar surface area (TPSA) is 57.5 Å². The molecule has 2 aromatic carbocycles. The SMILES string of the molecule is CN1CCc2c(n(C[C@@H](O)CNCc3ccccc3)c3ccccc23)C1=O. The van der Waals surface area contributed by atoms with Gasteiger partial charge in [0, 0.05) is 37.6 Å².